The molecule has 1 N–H and O–H groups in total. The van der Waals surface area contributed by atoms with Gasteiger partial charge in [0.05, 0.1) is 10.9 Å². The molecule has 23 heavy (non-hydrogen) atoms. The Balaban J connectivity index is 2.14. The largest absolute Gasteiger partial charge is 0.348 e. The van der Waals surface area contributed by atoms with Crippen LogP contribution in [0.25, 0.3) is 0 Å². The van der Waals surface area contributed by atoms with Crippen molar-refractivity contribution in [2.45, 2.75) is 37.0 Å². The van der Waals surface area contributed by atoms with Gasteiger partial charge >= 0.3 is 0 Å². The van der Waals surface area contributed by atoms with Crippen LogP contribution in [0.5, 0.6) is 0 Å². The van der Waals surface area contributed by atoms with Crippen LogP contribution in [0.4, 0.5) is 0 Å². The van der Waals surface area contributed by atoms with E-state index in [1.807, 2.05) is 44.2 Å². The molecule has 0 aliphatic heterocycles. The fourth-order valence-electron chi connectivity index (χ4n) is 2.23. The number of rotatable bonds is 5. The number of amides is 1. The molecule has 4 nitrogen and oxygen atoms in total. The van der Waals surface area contributed by atoms with Crippen LogP contribution in [-0.2, 0) is 14.6 Å². The van der Waals surface area contributed by atoms with Crippen molar-refractivity contribution in [3.8, 4) is 0 Å². The summed E-state index contributed by atoms with van der Waals surface area (Å²) in [6, 6.07) is 15.7. The first-order chi connectivity index (χ1) is 10.8. The van der Waals surface area contributed by atoms with Gasteiger partial charge in [-0.3, -0.25) is 4.79 Å². The summed E-state index contributed by atoms with van der Waals surface area (Å²) in [5.74, 6) is -0.498. The Morgan fingerprint density at radius 1 is 0.957 bits per heavy atom. The lowest BCUT2D eigenvalue weighted by Gasteiger charge is -2.18. The van der Waals surface area contributed by atoms with Crippen molar-refractivity contribution in [1.29, 1.82) is 0 Å². The third-order valence-electron chi connectivity index (χ3n) is 3.84. The first-order valence-electron chi connectivity index (χ1n) is 7.48. The molecule has 0 spiro atoms. The topological polar surface area (TPSA) is 63.2 Å². The molecule has 5 heteroatoms. The van der Waals surface area contributed by atoms with E-state index in [1.54, 1.807) is 12.1 Å². The molecule has 1 amide bonds. The quantitative estimate of drug-likeness (QED) is 0.916. The van der Waals surface area contributed by atoms with Crippen LogP contribution >= 0.6 is 0 Å². The van der Waals surface area contributed by atoms with Gasteiger partial charge in [0.1, 0.15) is 5.25 Å². The van der Waals surface area contributed by atoms with Crippen molar-refractivity contribution < 1.29 is 13.2 Å². The third-order valence-corrected chi connectivity index (χ3v) is 5.92. The fourth-order valence-corrected chi connectivity index (χ4v) is 3.50. The molecule has 0 saturated heterocycles. The fraction of sp³-hybridized carbons (Fsp3) is 0.278. The van der Waals surface area contributed by atoms with Crippen LogP contribution in [0.15, 0.2) is 59.5 Å². The normalized spacial score (nSPS) is 14.0. The van der Waals surface area contributed by atoms with E-state index >= 15 is 0 Å². The third kappa shape index (κ3) is 3.99. The van der Waals surface area contributed by atoms with Gasteiger partial charge in [-0.25, -0.2) is 8.42 Å². The monoisotopic (exact) mass is 331 g/mol. The van der Waals surface area contributed by atoms with Gasteiger partial charge in [-0.2, -0.15) is 0 Å². The van der Waals surface area contributed by atoms with E-state index in [0.29, 0.717) is 0 Å². The molecule has 0 fully saturated rings. The summed E-state index contributed by atoms with van der Waals surface area (Å²) in [6.45, 7) is 5.13. The number of hydrogen-bond acceptors (Lipinski definition) is 3. The maximum absolute atomic E-state index is 12.5. The average Bonchev–Trinajstić information content (AvgIpc) is 2.55. The summed E-state index contributed by atoms with van der Waals surface area (Å²) >= 11 is 0. The summed E-state index contributed by atoms with van der Waals surface area (Å²) in [4.78, 5) is 12.5. The zero-order valence-electron chi connectivity index (χ0n) is 13.5. The number of aryl methyl sites for hydroxylation is 1. The lowest BCUT2D eigenvalue weighted by Crippen LogP contribution is -2.39. The van der Waals surface area contributed by atoms with Crippen molar-refractivity contribution in [1.82, 2.24) is 5.32 Å². The highest BCUT2D eigenvalue weighted by atomic mass is 32.2. The lowest BCUT2D eigenvalue weighted by atomic mass is 10.1. The molecule has 0 bridgehead atoms. The van der Waals surface area contributed by atoms with E-state index in [4.69, 9.17) is 0 Å². The van der Waals surface area contributed by atoms with Crippen LogP contribution in [0.1, 0.15) is 31.0 Å². The Morgan fingerprint density at radius 3 is 2.09 bits per heavy atom. The predicted molar refractivity (Wildman–Crippen MR) is 90.8 cm³/mol. The molecule has 0 aromatic heterocycles. The van der Waals surface area contributed by atoms with E-state index in [1.165, 1.54) is 19.1 Å². The highest BCUT2D eigenvalue weighted by Crippen LogP contribution is 2.18. The van der Waals surface area contributed by atoms with Gasteiger partial charge in [0.25, 0.3) is 0 Å². The molecule has 122 valence electrons. The Hall–Kier alpha value is -2.14. The molecule has 2 rings (SSSR count). The number of benzene rings is 2. The Morgan fingerprint density at radius 2 is 1.52 bits per heavy atom. The summed E-state index contributed by atoms with van der Waals surface area (Å²) < 4.78 is 25.1. The molecule has 0 aliphatic rings. The first kappa shape index (κ1) is 17.2. The van der Waals surface area contributed by atoms with Crippen molar-refractivity contribution in [3.63, 3.8) is 0 Å². The van der Waals surface area contributed by atoms with Gasteiger partial charge in [-0.15, -0.1) is 0 Å². The molecule has 0 aliphatic carbocycles. The molecule has 0 heterocycles. The molecular weight excluding hydrogens is 310 g/mol. The van der Waals surface area contributed by atoms with E-state index in [0.717, 1.165) is 11.1 Å². The summed E-state index contributed by atoms with van der Waals surface area (Å²) in [7, 11) is -3.69. The first-order valence-corrected chi connectivity index (χ1v) is 9.03. The minimum atomic E-state index is -3.69. The van der Waals surface area contributed by atoms with Crippen LogP contribution in [0, 0.1) is 6.92 Å². The lowest BCUT2D eigenvalue weighted by molar-refractivity contribution is -0.121. The average molecular weight is 331 g/mol. The van der Waals surface area contributed by atoms with E-state index in [-0.39, 0.29) is 10.9 Å². The number of nitrogens with one attached hydrogen (secondary N) is 1. The number of sulfone groups is 1. The van der Waals surface area contributed by atoms with Gasteiger partial charge in [-0.1, -0.05) is 48.0 Å². The Bertz CT molecular complexity index is 768. The van der Waals surface area contributed by atoms with Gasteiger partial charge < -0.3 is 5.32 Å². The summed E-state index contributed by atoms with van der Waals surface area (Å²) in [5, 5.41) is 1.62. The maximum atomic E-state index is 12.5. The Labute approximate surface area is 137 Å². The number of carbonyl (C=O) groups excluding carboxylic acids is 1. The van der Waals surface area contributed by atoms with Gasteiger partial charge in [-0.05, 0) is 38.5 Å². The van der Waals surface area contributed by atoms with Crippen molar-refractivity contribution >= 4 is 15.7 Å². The molecular formula is C18H21NO3S. The molecule has 2 atom stereocenters. The summed E-state index contributed by atoms with van der Waals surface area (Å²) in [6.07, 6.45) is 0. The number of carbonyl (C=O) groups is 1. The molecule has 2 aromatic carbocycles. The standard InChI is InChI=1S/C18H21NO3S/c1-13-9-11-17(12-10-13)23(21,22)15(3)18(20)19-14(2)16-7-5-4-6-8-16/h4-12,14-15H,1-3H3,(H,19,20). The Kier molecular flexibility index (Phi) is 5.21. The van der Waals surface area contributed by atoms with Crippen molar-refractivity contribution in [3.05, 3.63) is 65.7 Å². The van der Waals surface area contributed by atoms with E-state index in [2.05, 4.69) is 5.32 Å². The van der Waals surface area contributed by atoms with Gasteiger partial charge in [0.2, 0.25) is 5.91 Å². The second kappa shape index (κ2) is 6.96. The minimum Gasteiger partial charge on any atom is -0.348 e. The van der Waals surface area contributed by atoms with Crippen LogP contribution < -0.4 is 5.32 Å². The van der Waals surface area contributed by atoms with Gasteiger partial charge in [0, 0.05) is 0 Å². The van der Waals surface area contributed by atoms with Gasteiger partial charge in [0.15, 0.2) is 9.84 Å². The predicted octanol–water partition coefficient (Wildman–Crippen LogP) is 3.03. The summed E-state index contributed by atoms with van der Waals surface area (Å²) in [5.41, 5.74) is 1.90. The molecule has 0 saturated carbocycles. The smallest absolute Gasteiger partial charge is 0.238 e. The molecule has 2 unspecified atom stereocenters. The van der Waals surface area contributed by atoms with E-state index in [9.17, 15) is 13.2 Å². The SMILES string of the molecule is Cc1ccc(S(=O)(=O)C(C)C(=O)NC(C)c2ccccc2)cc1. The highest BCUT2D eigenvalue weighted by molar-refractivity contribution is 7.92. The van der Waals surface area contributed by atoms with Crippen LogP contribution in [-0.4, -0.2) is 19.6 Å². The van der Waals surface area contributed by atoms with Crippen LogP contribution in [0.3, 0.4) is 0 Å². The number of hydrogen-bond donors (Lipinski definition) is 1. The van der Waals surface area contributed by atoms with E-state index < -0.39 is 21.0 Å². The van der Waals surface area contributed by atoms with Crippen LogP contribution in [0.2, 0.25) is 0 Å². The second-order valence-electron chi connectivity index (χ2n) is 5.64. The molecule has 2 aromatic rings. The highest BCUT2D eigenvalue weighted by Gasteiger charge is 2.30. The molecule has 0 radical (unpaired) electrons. The maximum Gasteiger partial charge on any atom is 0.238 e. The zero-order valence-corrected chi connectivity index (χ0v) is 14.3. The second-order valence-corrected chi connectivity index (χ2v) is 7.91. The minimum absolute atomic E-state index is 0.165. The zero-order chi connectivity index (χ0) is 17.0. The van der Waals surface area contributed by atoms with Crippen molar-refractivity contribution in [2.75, 3.05) is 0 Å². The van der Waals surface area contributed by atoms with Crippen molar-refractivity contribution in [2.24, 2.45) is 0 Å².